The van der Waals surface area contributed by atoms with Crippen molar-refractivity contribution in [3.8, 4) is 5.75 Å². The Morgan fingerprint density at radius 3 is 2.15 bits per heavy atom. The van der Waals surface area contributed by atoms with Gasteiger partial charge in [0.05, 0.1) is 53.0 Å². The van der Waals surface area contributed by atoms with E-state index in [1.54, 1.807) is 6.92 Å². The zero-order valence-electron chi connectivity index (χ0n) is 24.2. The summed E-state index contributed by atoms with van der Waals surface area (Å²) >= 11 is 0. The molecule has 3 atom stereocenters. The van der Waals surface area contributed by atoms with Crippen molar-refractivity contribution >= 4 is 17.7 Å². The molecule has 47 heavy (non-hydrogen) atoms. The lowest BCUT2D eigenvalue weighted by molar-refractivity contribution is -0.143. The van der Waals surface area contributed by atoms with Crippen LogP contribution in [0.5, 0.6) is 5.75 Å². The molecule has 0 saturated carbocycles. The van der Waals surface area contributed by atoms with Crippen LogP contribution in [0.3, 0.4) is 0 Å². The molecule has 3 aromatic rings. The summed E-state index contributed by atoms with van der Waals surface area (Å²) in [7, 11) is 0. The average Bonchev–Trinajstić information content (AvgIpc) is 2.97. The topological polar surface area (TPSA) is 128 Å². The van der Waals surface area contributed by atoms with Crippen molar-refractivity contribution in [1.82, 2.24) is 9.97 Å². The van der Waals surface area contributed by atoms with E-state index in [-0.39, 0.29) is 47.6 Å². The van der Waals surface area contributed by atoms with Gasteiger partial charge in [-0.2, -0.15) is 39.5 Å². The minimum Gasteiger partial charge on any atom is -0.487 e. The van der Waals surface area contributed by atoms with Crippen molar-refractivity contribution in [2.24, 2.45) is 0 Å². The first kappa shape index (κ1) is 35.5. The number of rotatable bonds is 9. The van der Waals surface area contributed by atoms with Gasteiger partial charge in [-0.1, -0.05) is 6.92 Å². The van der Waals surface area contributed by atoms with Gasteiger partial charge in [0.25, 0.3) is 0 Å². The summed E-state index contributed by atoms with van der Waals surface area (Å²) in [4.78, 5) is 21.4. The zero-order chi connectivity index (χ0) is 34.9. The van der Waals surface area contributed by atoms with Gasteiger partial charge >= 0.3 is 24.6 Å². The number of alkyl halides is 9. The van der Waals surface area contributed by atoms with Crippen LogP contribution in [0.1, 0.15) is 46.9 Å². The highest BCUT2D eigenvalue weighted by Crippen LogP contribution is 2.39. The Kier molecular flexibility index (Phi) is 10.1. The van der Waals surface area contributed by atoms with Crippen LogP contribution in [-0.4, -0.2) is 62.8 Å². The molecule has 1 aromatic heterocycles. The van der Waals surface area contributed by atoms with Crippen molar-refractivity contribution < 1.29 is 64.4 Å². The van der Waals surface area contributed by atoms with E-state index in [9.17, 15) is 54.5 Å². The highest BCUT2D eigenvalue weighted by Gasteiger charge is 2.40. The highest BCUT2D eigenvalue weighted by molar-refractivity contribution is 5.89. The number of amides is 1. The van der Waals surface area contributed by atoms with Crippen LogP contribution in [0.25, 0.3) is 0 Å². The second-order valence-electron chi connectivity index (χ2n) is 10.7. The molecule has 3 unspecified atom stereocenters. The van der Waals surface area contributed by atoms with Crippen molar-refractivity contribution in [2.45, 2.75) is 62.9 Å². The smallest absolute Gasteiger partial charge is 0.416 e. The number of aliphatic hydroxyl groups is 2. The molecule has 0 aliphatic carbocycles. The van der Waals surface area contributed by atoms with E-state index in [0.717, 1.165) is 29.3 Å². The third-order valence-electron chi connectivity index (χ3n) is 7.33. The number of ether oxygens (including phenoxy) is 1. The zero-order valence-corrected chi connectivity index (χ0v) is 24.2. The Morgan fingerprint density at radius 1 is 1.00 bits per heavy atom. The number of nitrogens with zero attached hydrogens (tertiary/aromatic N) is 3. The lowest BCUT2D eigenvalue weighted by atomic mass is 9.89. The van der Waals surface area contributed by atoms with Crippen LogP contribution >= 0.6 is 0 Å². The Balaban J connectivity index is 1.75. The Bertz CT molecular complexity index is 1570. The van der Waals surface area contributed by atoms with E-state index in [1.807, 2.05) is 0 Å². The normalized spacial score (nSPS) is 17.7. The summed E-state index contributed by atoms with van der Waals surface area (Å²) in [6.07, 6.45) is -17.5. The number of aliphatic hydroxyl groups excluding tert-OH is 2. The van der Waals surface area contributed by atoms with Crippen molar-refractivity contribution in [3.05, 3.63) is 76.1 Å². The highest BCUT2D eigenvalue weighted by atomic mass is 19.4. The van der Waals surface area contributed by atoms with E-state index >= 15 is 0 Å². The molecule has 2 aromatic carbocycles. The summed E-state index contributed by atoms with van der Waals surface area (Å²) in [5.74, 6) is -0.556. The predicted octanol–water partition coefficient (Wildman–Crippen LogP) is 6.16. The monoisotopic (exact) mass is 682 g/mol. The fourth-order valence-corrected chi connectivity index (χ4v) is 5.19. The van der Waals surface area contributed by atoms with Gasteiger partial charge in [-0.15, -0.1) is 0 Å². The Hall–Kier alpha value is -4.32. The van der Waals surface area contributed by atoms with Gasteiger partial charge in [-0.05, 0) is 60.4 Å². The summed E-state index contributed by atoms with van der Waals surface area (Å²) in [6.45, 7) is 0.338. The minimum atomic E-state index is -5.13. The van der Waals surface area contributed by atoms with E-state index in [1.165, 1.54) is 0 Å². The molecule has 0 saturated heterocycles. The first-order valence-electron chi connectivity index (χ1n) is 13.9. The predicted molar refractivity (Wildman–Crippen MR) is 147 cm³/mol. The van der Waals surface area contributed by atoms with Gasteiger partial charge in [0.2, 0.25) is 5.95 Å². The number of fused-ring (bicyclic) bond motifs is 1. The molecule has 4 rings (SSSR count). The van der Waals surface area contributed by atoms with Crippen molar-refractivity contribution in [2.75, 3.05) is 23.4 Å². The summed E-state index contributed by atoms with van der Waals surface area (Å²) in [6, 6.07) is 1.76. The first-order chi connectivity index (χ1) is 21.8. The number of anilines is 2. The van der Waals surface area contributed by atoms with Gasteiger partial charge in [0.15, 0.2) is 5.75 Å². The molecule has 4 N–H and O–H groups in total. The maximum absolute atomic E-state index is 13.5. The number of carbonyl (C=O) groups is 1. The maximum atomic E-state index is 13.5. The van der Waals surface area contributed by atoms with E-state index < -0.39 is 84.7 Å². The average molecular weight is 683 g/mol. The van der Waals surface area contributed by atoms with Gasteiger partial charge in [-0.25, -0.2) is 14.8 Å². The molecular formula is C29H27F9N4O5. The number of aromatic nitrogens is 2. The Labute approximate surface area is 260 Å². The molecule has 0 radical (unpaired) electrons. The van der Waals surface area contributed by atoms with Gasteiger partial charge in [0, 0.05) is 6.42 Å². The summed E-state index contributed by atoms with van der Waals surface area (Å²) in [5.41, 5.74) is -4.82. The lowest BCUT2D eigenvalue weighted by Crippen LogP contribution is -2.53. The maximum Gasteiger partial charge on any atom is 0.416 e. The van der Waals surface area contributed by atoms with Gasteiger partial charge < -0.3 is 25.4 Å². The second kappa shape index (κ2) is 13.4. The van der Waals surface area contributed by atoms with E-state index in [2.05, 4.69) is 15.3 Å². The molecule has 1 amide bonds. The third-order valence-corrected chi connectivity index (χ3v) is 7.33. The fourth-order valence-electron chi connectivity index (χ4n) is 5.19. The first-order valence-corrected chi connectivity index (χ1v) is 13.9. The van der Waals surface area contributed by atoms with Crippen LogP contribution in [0.2, 0.25) is 0 Å². The number of carboxylic acid groups (broad SMARTS) is 1. The van der Waals surface area contributed by atoms with Crippen molar-refractivity contribution in [3.63, 3.8) is 0 Å². The number of benzene rings is 2. The molecule has 256 valence electrons. The van der Waals surface area contributed by atoms with Crippen LogP contribution in [0, 0.1) is 0 Å². The van der Waals surface area contributed by atoms with Gasteiger partial charge in [-0.3, -0.25) is 4.90 Å². The molecule has 9 nitrogen and oxygen atoms in total. The second-order valence-corrected chi connectivity index (χ2v) is 10.7. The number of hydrogen-bond acceptors (Lipinski definition) is 7. The van der Waals surface area contributed by atoms with Gasteiger partial charge in [0.1, 0.15) is 12.7 Å². The van der Waals surface area contributed by atoms with E-state index in [0.29, 0.717) is 12.1 Å². The molecule has 0 bridgehead atoms. The summed E-state index contributed by atoms with van der Waals surface area (Å²) < 4.78 is 127. The SMILES string of the molecule is CCC1C(Nc2ncc(OCC(O)CO)c(Cc3cc(C(F)(F)F)cc(C(F)(F)F)c3)n2)Cc2cc(C(F)(F)F)ccc2N1C(=O)O. The quantitative estimate of drug-likeness (QED) is 0.198. The largest absolute Gasteiger partial charge is 0.487 e. The van der Waals surface area contributed by atoms with Crippen LogP contribution in [0.4, 0.5) is 55.9 Å². The number of halogens is 9. The third kappa shape index (κ3) is 8.34. The van der Waals surface area contributed by atoms with Crippen LogP contribution < -0.4 is 15.0 Å². The number of hydrogen-bond donors (Lipinski definition) is 4. The van der Waals surface area contributed by atoms with Crippen LogP contribution in [-0.2, 0) is 31.4 Å². The molecule has 2 heterocycles. The molecule has 1 aliphatic rings. The minimum absolute atomic E-state index is 0.0336. The molecule has 1 aliphatic heterocycles. The molecule has 0 spiro atoms. The molecule has 0 fully saturated rings. The molecule has 18 heteroatoms. The number of nitrogens with one attached hydrogen (secondary N) is 1. The Morgan fingerprint density at radius 2 is 1.62 bits per heavy atom. The fraction of sp³-hybridized carbons (Fsp3) is 0.414. The van der Waals surface area contributed by atoms with E-state index in [4.69, 9.17) is 9.84 Å². The molecular weight excluding hydrogens is 655 g/mol. The lowest BCUT2D eigenvalue weighted by Gasteiger charge is -2.41. The van der Waals surface area contributed by atoms with Crippen LogP contribution in [0.15, 0.2) is 42.6 Å². The van der Waals surface area contributed by atoms with Crippen molar-refractivity contribution in [1.29, 1.82) is 0 Å². The standard InChI is InChI=1S/C29H27F9N4O5/c1-2-22-20(9-15-8-16(27(30,31)32)3-4-23(15)42(22)26(45)46)40-25-39-11-24(47-13-19(44)12-43)21(41-25)7-14-5-17(28(33,34)35)10-18(6-14)29(36,37)38/h3-6,8,10-11,19-20,22,43-44H,2,7,9,12-13H2,1H3,(H,45,46)(H,39,40,41). The summed E-state index contributed by atoms with van der Waals surface area (Å²) in [5, 5.41) is 31.6.